The first-order valence-electron chi connectivity index (χ1n) is 46.0. The molecule has 0 radical (unpaired) electrons. The van der Waals surface area contributed by atoms with E-state index in [1.807, 2.05) is 84.9 Å². The third kappa shape index (κ3) is 18.0. The van der Waals surface area contributed by atoms with E-state index in [1.165, 1.54) is 81.4 Å². The van der Waals surface area contributed by atoms with Gasteiger partial charge in [-0.15, -0.1) is 34.0 Å². The van der Waals surface area contributed by atoms with Gasteiger partial charge in [0.2, 0.25) is 0 Å². The number of thiophene rings is 3. The molecule has 0 N–H and O–H groups in total. The predicted octanol–water partition coefficient (Wildman–Crippen LogP) is 32.3. The molecule has 0 unspecified atom stereocenters. The molecule has 11 aromatic heterocycles. The van der Waals surface area contributed by atoms with Crippen molar-refractivity contribution in [2.45, 2.75) is 138 Å². The average Bonchev–Trinajstić information content (AvgIpc) is 1.56. The van der Waals surface area contributed by atoms with E-state index in [4.69, 9.17) is 64.2 Å². The maximum Gasteiger partial charge on any atom is 0.180 e. The van der Waals surface area contributed by atoms with E-state index in [-0.39, 0.29) is 25.8 Å². The fourth-order valence-corrected chi connectivity index (χ4v) is 23.0. The van der Waals surface area contributed by atoms with E-state index >= 15 is 0 Å². The second-order valence-electron chi connectivity index (χ2n) is 36.0. The summed E-state index contributed by atoms with van der Waals surface area (Å²) in [6.07, 6.45) is 0. The van der Waals surface area contributed by atoms with Crippen molar-refractivity contribution < 1.29 is 4.42 Å². The Hall–Kier alpha value is -13.9. The number of benzene rings is 12. The molecule has 0 bridgehead atoms. The number of rotatable bonds is 12. The van der Waals surface area contributed by atoms with Gasteiger partial charge in [-0.05, 0) is 47.7 Å². The molecule has 1 aliphatic rings. The van der Waals surface area contributed by atoms with Gasteiger partial charge >= 0.3 is 135 Å². The summed E-state index contributed by atoms with van der Waals surface area (Å²) in [5.41, 5.74) is 25.8. The molecule has 13 nitrogen and oxygen atoms in total. The standard InChI is InChI=1S/C22H22N2.C19H16N2O.3C19H16N2S.C19H16N2Se/c1-14(2)21-23-19(15-10-6-5-7-11-15)18-20(24-21)16-12-8-9-13-17(16)22(18,3)4;2*1-12(2)19-20-16(13-8-4-3-5-9-13)18-17(21-19)14-10-6-7-11-15(14)22-18;1-12(2)16-18-17(14-10-6-7-11-15(14)22-18)21-19(20-16)13-8-4-3-5-9-13;1-12(2)16-17(13-8-4-3-5-9-13)21-19-18(20-16)14-10-6-7-11-15(14)22-19;1-12(2)19-20-16(13-8-4-3-5-9-13)18-17(21-19)14-10-6-7-11-15(14)22-18/h5-14H,1-4H3;5*3-12H,1-2H3. The summed E-state index contributed by atoms with van der Waals surface area (Å²) in [7, 11) is 0. The van der Waals surface area contributed by atoms with Crippen LogP contribution in [0.3, 0.4) is 0 Å². The molecule has 0 aliphatic heterocycles. The van der Waals surface area contributed by atoms with E-state index < -0.39 is 0 Å². The molecule has 0 amide bonds. The number of para-hydroxylation sites is 1. The van der Waals surface area contributed by atoms with Crippen molar-refractivity contribution in [1.82, 2.24) is 59.8 Å². The summed E-state index contributed by atoms with van der Waals surface area (Å²) < 4.78 is 15.0. The molecule has 24 rings (SSSR count). The van der Waals surface area contributed by atoms with Gasteiger partial charge in [-0.2, -0.15) is 0 Å². The smallest absolute Gasteiger partial charge is 0.180 e. The van der Waals surface area contributed by atoms with Gasteiger partial charge < -0.3 is 4.42 Å². The molecule has 17 heteroatoms. The van der Waals surface area contributed by atoms with Crippen LogP contribution in [-0.2, 0) is 5.41 Å². The fourth-order valence-electron chi connectivity index (χ4n) is 17.1. The first-order chi connectivity index (χ1) is 65.2. The summed E-state index contributed by atoms with van der Waals surface area (Å²) >= 11 is 5.58. The Morgan fingerprint density at radius 3 is 1.21 bits per heavy atom. The van der Waals surface area contributed by atoms with Crippen LogP contribution in [-0.4, -0.2) is 74.3 Å². The molecule has 134 heavy (non-hydrogen) atoms. The molecule has 1 aliphatic carbocycles. The Balaban J connectivity index is 0.000000103. The van der Waals surface area contributed by atoms with Crippen LogP contribution < -0.4 is 0 Å². The number of nitrogens with zero attached hydrogens (tertiary/aromatic N) is 12. The maximum atomic E-state index is 6.05. The van der Waals surface area contributed by atoms with Crippen LogP contribution in [0.5, 0.6) is 0 Å². The first-order valence-corrected chi connectivity index (χ1v) is 50.2. The number of aromatic nitrogens is 12. The van der Waals surface area contributed by atoms with Crippen molar-refractivity contribution in [1.29, 1.82) is 0 Å². The molecule has 11 heterocycles. The van der Waals surface area contributed by atoms with Gasteiger partial charge in [0.05, 0.1) is 54.6 Å². The van der Waals surface area contributed by atoms with Gasteiger partial charge in [-0.25, -0.2) is 49.8 Å². The summed E-state index contributed by atoms with van der Waals surface area (Å²) in [5.74, 6) is 6.35. The summed E-state index contributed by atoms with van der Waals surface area (Å²) in [6, 6.07) is 113. The molecule has 0 fully saturated rings. The number of furan rings is 1. The van der Waals surface area contributed by atoms with Gasteiger partial charge in [0.15, 0.2) is 11.4 Å². The minimum atomic E-state index is -0.0907. The molecule has 0 spiro atoms. The number of fused-ring (bicyclic) bond motifs is 18. The Kier molecular flexibility index (Phi) is 25.8. The van der Waals surface area contributed by atoms with Crippen LogP contribution in [0.1, 0.15) is 178 Å². The molecule has 0 atom stereocenters. The van der Waals surface area contributed by atoms with Crippen molar-refractivity contribution in [3.05, 3.63) is 373 Å². The van der Waals surface area contributed by atoms with Gasteiger partial charge in [0.1, 0.15) is 44.6 Å². The predicted molar refractivity (Wildman–Crippen MR) is 565 cm³/mol. The SMILES string of the molecule is CC(C)c1nc(-c2ccccc2)c2[se]c3ccccc3c2n1.CC(C)c1nc(-c2ccccc2)c2c(n1)-c1ccccc1C2(C)C.CC(C)c1nc(-c2ccccc2)c2oc3ccccc3c2n1.CC(C)c1nc(-c2ccccc2)c2sc3ccccc3c2n1.CC(C)c1nc(-c2ccccc2)nc2c1sc1ccccc12.CC(C)c1nc2c(nc1-c1ccccc1)sc1ccccc12. The first kappa shape index (κ1) is 89.3. The van der Waals surface area contributed by atoms with Crippen molar-refractivity contribution in [3.63, 3.8) is 0 Å². The summed E-state index contributed by atoms with van der Waals surface area (Å²) in [5, 5.41) is 5.99. The van der Waals surface area contributed by atoms with Gasteiger partial charge in [-0.1, -0.05) is 326 Å². The Bertz CT molecular complexity index is 7770. The molecular weight excluding hydrogens is 1760 g/mol. The van der Waals surface area contributed by atoms with Crippen LogP contribution in [0, 0.1) is 0 Å². The van der Waals surface area contributed by atoms with Gasteiger partial charge in [0, 0.05) is 97.8 Å². The quantitative estimate of drug-likeness (QED) is 0.106. The van der Waals surface area contributed by atoms with E-state index in [0.717, 1.165) is 146 Å². The van der Waals surface area contributed by atoms with Gasteiger partial charge in [-0.3, -0.25) is 0 Å². The Morgan fingerprint density at radius 2 is 0.657 bits per heavy atom. The molecular formula is C117H102N12OS3Se. The molecule has 660 valence electrons. The van der Waals surface area contributed by atoms with E-state index in [2.05, 4.69) is 340 Å². The third-order valence-electron chi connectivity index (χ3n) is 24.0. The number of hydrogen-bond acceptors (Lipinski definition) is 16. The monoisotopic (exact) mass is 1870 g/mol. The minimum Gasteiger partial charge on any atom is -0.452 e. The second-order valence-corrected chi connectivity index (χ2v) is 41.3. The Labute approximate surface area is 799 Å². The average molecular weight is 1870 g/mol. The minimum absolute atomic E-state index is 0.0907. The van der Waals surface area contributed by atoms with Crippen LogP contribution in [0.2, 0.25) is 0 Å². The van der Waals surface area contributed by atoms with Crippen molar-refractivity contribution in [2.24, 2.45) is 0 Å². The van der Waals surface area contributed by atoms with Gasteiger partial charge in [0.25, 0.3) is 0 Å². The largest absolute Gasteiger partial charge is 0.452 e. The summed E-state index contributed by atoms with van der Waals surface area (Å²) in [4.78, 5) is 59.7. The fraction of sp³-hybridized carbons (Fsp3) is 0.179. The molecule has 12 aromatic carbocycles. The molecule has 0 saturated carbocycles. The zero-order chi connectivity index (χ0) is 92.4. The van der Waals surface area contributed by atoms with E-state index in [0.29, 0.717) is 29.6 Å². The summed E-state index contributed by atoms with van der Waals surface area (Å²) in [6.45, 7) is 30.4. The van der Waals surface area contributed by atoms with Crippen molar-refractivity contribution in [3.8, 4) is 78.9 Å². The van der Waals surface area contributed by atoms with Crippen LogP contribution >= 0.6 is 34.0 Å². The number of hydrogen-bond donors (Lipinski definition) is 0. The molecule has 0 saturated heterocycles. The zero-order valence-electron chi connectivity index (χ0n) is 77.5. The maximum absolute atomic E-state index is 6.05. The normalized spacial score (nSPS) is 12.1. The third-order valence-corrected chi connectivity index (χ3v) is 29.9. The van der Waals surface area contributed by atoms with E-state index in [9.17, 15) is 0 Å². The van der Waals surface area contributed by atoms with Crippen LogP contribution in [0.25, 0.3) is 181 Å². The molecule has 23 aromatic rings. The zero-order valence-corrected chi connectivity index (χ0v) is 81.7. The van der Waals surface area contributed by atoms with Crippen molar-refractivity contribution in [2.75, 3.05) is 0 Å². The Morgan fingerprint density at radius 1 is 0.269 bits per heavy atom. The van der Waals surface area contributed by atoms with Crippen LogP contribution in [0.15, 0.2) is 332 Å². The van der Waals surface area contributed by atoms with E-state index in [1.54, 1.807) is 34.0 Å². The van der Waals surface area contributed by atoms with Crippen molar-refractivity contribution >= 4 is 151 Å². The second kappa shape index (κ2) is 38.7. The topological polar surface area (TPSA) is 168 Å². The van der Waals surface area contributed by atoms with Crippen LogP contribution in [0.4, 0.5) is 0 Å².